The van der Waals surface area contributed by atoms with Crippen LogP contribution in [-0.2, 0) is 0 Å². The molecule has 0 aliphatic carbocycles. The quantitative estimate of drug-likeness (QED) is 0.754. The number of amides is 1. The van der Waals surface area contributed by atoms with Crippen LogP contribution in [-0.4, -0.2) is 33.6 Å². The lowest BCUT2D eigenvalue weighted by molar-refractivity contribution is 0.0998. The van der Waals surface area contributed by atoms with E-state index in [0.717, 1.165) is 0 Å². The molecule has 2 aromatic rings. The number of tetrazole rings is 1. The summed E-state index contributed by atoms with van der Waals surface area (Å²) in [6.07, 6.45) is 0. The van der Waals surface area contributed by atoms with Crippen LogP contribution in [0.15, 0.2) is 18.2 Å². The van der Waals surface area contributed by atoms with Crippen LogP contribution >= 0.6 is 0 Å². The van der Waals surface area contributed by atoms with Crippen LogP contribution < -0.4 is 10.5 Å². The summed E-state index contributed by atoms with van der Waals surface area (Å²) in [5.41, 5.74) is 6.02. The Morgan fingerprint density at radius 1 is 1.50 bits per heavy atom. The van der Waals surface area contributed by atoms with Crippen LogP contribution in [0.3, 0.4) is 0 Å². The molecule has 0 bridgehead atoms. The Bertz CT molecular complexity index is 509. The topological polar surface area (TPSA) is 107 Å². The Kier molecular flexibility index (Phi) is 2.50. The molecule has 82 valence electrons. The second kappa shape index (κ2) is 3.97. The fraction of sp³-hybridized carbons (Fsp3) is 0.111. The number of H-pyrrole nitrogens is 1. The van der Waals surface area contributed by atoms with Crippen molar-refractivity contribution < 1.29 is 9.53 Å². The number of carbonyl (C=O) groups is 1. The van der Waals surface area contributed by atoms with Gasteiger partial charge in [0.25, 0.3) is 5.91 Å². The van der Waals surface area contributed by atoms with Crippen molar-refractivity contribution in [1.29, 1.82) is 0 Å². The van der Waals surface area contributed by atoms with Crippen LogP contribution in [0.4, 0.5) is 0 Å². The predicted octanol–water partition coefficient (Wildman–Crippen LogP) is -0.0258. The zero-order valence-electron chi connectivity index (χ0n) is 8.47. The lowest BCUT2D eigenvalue weighted by Crippen LogP contribution is -2.14. The third-order valence-electron chi connectivity index (χ3n) is 2.08. The van der Waals surface area contributed by atoms with Crippen LogP contribution in [0.5, 0.6) is 5.75 Å². The number of primary amides is 1. The van der Waals surface area contributed by atoms with Gasteiger partial charge in [0.05, 0.1) is 12.7 Å². The van der Waals surface area contributed by atoms with Gasteiger partial charge in [-0.25, -0.2) is 0 Å². The molecule has 1 heterocycles. The fourth-order valence-corrected chi connectivity index (χ4v) is 1.42. The lowest BCUT2D eigenvalue weighted by atomic mass is 10.1. The van der Waals surface area contributed by atoms with Gasteiger partial charge >= 0.3 is 0 Å². The minimum absolute atomic E-state index is 0.242. The van der Waals surface area contributed by atoms with Gasteiger partial charge in [-0.05, 0) is 17.3 Å². The first kappa shape index (κ1) is 10.1. The van der Waals surface area contributed by atoms with Gasteiger partial charge < -0.3 is 10.5 Å². The first-order chi connectivity index (χ1) is 7.74. The molecule has 1 amide bonds. The number of benzene rings is 1. The Morgan fingerprint density at radius 3 is 2.88 bits per heavy atom. The zero-order valence-corrected chi connectivity index (χ0v) is 8.47. The van der Waals surface area contributed by atoms with E-state index in [9.17, 15) is 4.79 Å². The number of hydrogen-bond acceptors (Lipinski definition) is 5. The summed E-state index contributed by atoms with van der Waals surface area (Å²) in [5.74, 6) is 0.0831. The van der Waals surface area contributed by atoms with E-state index in [0.29, 0.717) is 17.1 Å². The summed E-state index contributed by atoms with van der Waals surface area (Å²) in [5, 5.41) is 13.3. The van der Waals surface area contributed by atoms with E-state index in [1.165, 1.54) is 7.11 Å². The highest BCUT2D eigenvalue weighted by molar-refractivity contribution is 6.01. The molecule has 16 heavy (non-hydrogen) atoms. The average molecular weight is 219 g/mol. The maximum atomic E-state index is 11.4. The second-order valence-electron chi connectivity index (χ2n) is 2.98. The van der Waals surface area contributed by atoms with Crippen LogP contribution in [0.1, 0.15) is 10.4 Å². The molecule has 2 rings (SSSR count). The number of hydrogen-bond donors (Lipinski definition) is 2. The number of nitrogens with two attached hydrogens (primary N) is 1. The summed E-state index contributed by atoms with van der Waals surface area (Å²) >= 11 is 0. The summed E-state index contributed by atoms with van der Waals surface area (Å²) in [6, 6.07) is 5.04. The number of carbonyl (C=O) groups excluding carboxylic acids is 1. The number of methoxy groups -OCH3 is 1. The molecule has 0 fully saturated rings. The lowest BCUT2D eigenvalue weighted by Gasteiger charge is -2.08. The van der Waals surface area contributed by atoms with E-state index in [1.54, 1.807) is 18.2 Å². The minimum atomic E-state index is -0.600. The Morgan fingerprint density at radius 2 is 2.31 bits per heavy atom. The van der Waals surface area contributed by atoms with Crippen molar-refractivity contribution in [1.82, 2.24) is 20.6 Å². The maximum absolute atomic E-state index is 11.4. The molecule has 0 atom stereocenters. The molecule has 0 aliphatic rings. The normalized spacial score (nSPS) is 10.1. The number of rotatable bonds is 3. The van der Waals surface area contributed by atoms with Gasteiger partial charge in [-0.3, -0.25) is 4.79 Å². The van der Waals surface area contributed by atoms with Gasteiger partial charge in [-0.15, -0.1) is 10.2 Å². The highest BCUT2D eigenvalue weighted by Gasteiger charge is 2.17. The molecule has 1 aromatic heterocycles. The largest absolute Gasteiger partial charge is 0.496 e. The Balaban J connectivity index is 2.65. The van der Waals surface area contributed by atoms with Crippen molar-refractivity contribution in [2.75, 3.05) is 7.11 Å². The number of ether oxygens (including phenoxy) is 1. The summed E-state index contributed by atoms with van der Waals surface area (Å²) in [6.45, 7) is 0. The SMILES string of the molecule is COc1cccc(-c2nn[nH]n2)c1C(N)=O. The maximum Gasteiger partial charge on any atom is 0.253 e. The van der Waals surface area contributed by atoms with Gasteiger partial charge in [0.15, 0.2) is 0 Å². The molecule has 3 N–H and O–H groups in total. The first-order valence-electron chi connectivity index (χ1n) is 4.44. The smallest absolute Gasteiger partial charge is 0.253 e. The minimum Gasteiger partial charge on any atom is -0.496 e. The van der Waals surface area contributed by atoms with Crippen molar-refractivity contribution in [3.8, 4) is 17.1 Å². The van der Waals surface area contributed by atoms with E-state index in [4.69, 9.17) is 10.5 Å². The van der Waals surface area contributed by atoms with E-state index < -0.39 is 5.91 Å². The van der Waals surface area contributed by atoms with Gasteiger partial charge in [0, 0.05) is 5.56 Å². The second-order valence-corrected chi connectivity index (χ2v) is 2.98. The molecule has 0 unspecified atom stereocenters. The molecule has 7 nitrogen and oxygen atoms in total. The number of aromatic nitrogens is 4. The molecule has 7 heteroatoms. The van der Waals surface area contributed by atoms with Crippen LogP contribution in [0.25, 0.3) is 11.4 Å². The van der Waals surface area contributed by atoms with E-state index in [1.807, 2.05) is 0 Å². The average Bonchev–Trinajstić information content (AvgIpc) is 2.81. The molecule has 0 aliphatic heterocycles. The summed E-state index contributed by atoms with van der Waals surface area (Å²) in [4.78, 5) is 11.4. The van der Waals surface area contributed by atoms with Crippen molar-refractivity contribution in [2.24, 2.45) is 5.73 Å². The van der Waals surface area contributed by atoms with Crippen LogP contribution in [0.2, 0.25) is 0 Å². The van der Waals surface area contributed by atoms with Gasteiger partial charge in [0.2, 0.25) is 5.82 Å². The number of nitrogens with zero attached hydrogens (tertiary/aromatic N) is 3. The van der Waals surface area contributed by atoms with Crippen molar-refractivity contribution >= 4 is 5.91 Å². The highest BCUT2D eigenvalue weighted by Crippen LogP contribution is 2.27. The number of aromatic amines is 1. The standard InChI is InChI=1S/C9H9N5O2/c1-16-6-4-2-3-5(7(6)8(10)15)9-11-13-14-12-9/h2-4H,1H3,(H2,10,15)(H,11,12,13,14). The molecular weight excluding hydrogens is 210 g/mol. The molecule has 0 spiro atoms. The van der Waals surface area contributed by atoms with Crippen LogP contribution in [0, 0.1) is 0 Å². The number of nitrogens with one attached hydrogen (secondary N) is 1. The monoisotopic (exact) mass is 219 g/mol. The summed E-state index contributed by atoms with van der Waals surface area (Å²) in [7, 11) is 1.46. The first-order valence-corrected chi connectivity index (χ1v) is 4.44. The summed E-state index contributed by atoms with van der Waals surface area (Å²) < 4.78 is 5.06. The third-order valence-corrected chi connectivity index (χ3v) is 2.08. The molecule has 0 saturated heterocycles. The molecule has 0 saturated carbocycles. The van der Waals surface area contributed by atoms with Gasteiger partial charge in [-0.1, -0.05) is 6.07 Å². The van der Waals surface area contributed by atoms with Crippen molar-refractivity contribution in [3.63, 3.8) is 0 Å². The molecule has 1 aromatic carbocycles. The highest BCUT2D eigenvalue weighted by atomic mass is 16.5. The van der Waals surface area contributed by atoms with Gasteiger partial charge in [-0.2, -0.15) is 5.21 Å². The third kappa shape index (κ3) is 1.58. The zero-order chi connectivity index (χ0) is 11.5. The Labute approximate surface area is 90.6 Å². The van der Waals surface area contributed by atoms with E-state index >= 15 is 0 Å². The van der Waals surface area contributed by atoms with Gasteiger partial charge in [0.1, 0.15) is 5.75 Å². The van der Waals surface area contributed by atoms with Crippen molar-refractivity contribution in [3.05, 3.63) is 23.8 Å². The van der Waals surface area contributed by atoms with Crippen molar-refractivity contribution in [2.45, 2.75) is 0 Å². The van der Waals surface area contributed by atoms with E-state index in [2.05, 4.69) is 20.6 Å². The molecule has 0 radical (unpaired) electrons. The predicted molar refractivity (Wildman–Crippen MR) is 54.7 cm³/mol. The van der Waals surface area contributed by atoms with E-state index in [-0.39, 0.29) is 5.56 Å². The fourth-order valence-electron chi connectivity index (χ4n) is 1.42. The molecular formula is C9H9N5O2. The Hall–Kier alpha value is -2.44.